The Morgan fingerprint density at radius 1 is 1.15 bits per heavy atom. The predicted molar refractivity (Wildman–Crippen MR) is 79.0 cm³/mol. The fourth-order valence-electron chi connectivity index (χ4n) is 3.53. The predicted octanol–water partition coefficient (Wildman–Crippen LogP) is 2.70. The van der Waals surface area contributed by atoms with E-state index in [1.54, 1.807) is 0 Å². The first kappa shape index (κ1) is 13.9. The maximum Gasteiger partial charge on any atom is 0.266 e. The van der Waals surface area contributed by atoms with Crippen LogP contribution in [0.2, 0.25) is 0 Å². The fourth-order valence-corrected chi connectivity index (χ4v) is 3.53. The summed E-state index contributed by atoms with van der Waals surface area (Å²) in [5, 5.41) is 7.80. The second kappa shape index (κ2) is 6.57. The van der Waals surface area contributed by atoms with Crippen molar-refractivity contribution < 1.29 is 4.52 Å². The number of hydrogen-bond donors (Lipinski definition) is 1. The number of nitrogens with one attached hydrogen (secondary N) is 1. The van der Waals surface area contributed by atoms with Gasteiger partial charge in [0.05, 0.1) is 5.92 Å². The van der Waals surface area contributed by atoms with E-state index in [0.29, 0.717) is 12.0 Å². The number of aromatic nitrogens is 2. The number of nitrogens with zero attached hydrogens (tertiary/aromatic N) is 3. The number of rotatable bonds is 4. The highest BCUT2D eigenvalue weighted by Crippen LogP contribution is 2.33. The van der Waals surface area contributed by atoms with Gasteiger partial charge in [-0.3, -0.25) is 0 Å². The van der Waals surface area contributed by atoms with Gasteiger partial charge in [-0.1, -0.05) is 19.8 Å². The van der Waals surface area contributed by atoms with Gasteiger partial charge in [-0.05, 0) is 43.8 Å². The lowest BCUT2D eigenvalue weighted by molar-refractivity contribution is 0.264. The molecular weight excluding hydrogens is 252 g/mol. The van der Waals surface area contributed by atoms with E-state index in [0.717, 1.165) is 31.5 Å². The minimum Gasteiger partial charge on any atom is -0.338 e. The molecular formula is C15H26N4O. The molecule has 5 nitrogen and oxygen atoms in total. The van der Waals surface area contributed by atoms with Gasteiger partial charge < -0.3 is 14.7 Å². The van der Waals surface area contributed by atoms with E-state index in [1.807, 2.05) is 0 Å². The Morgan fingerprint density at radius 3 is 2.75 bits per heavy atom. The quantitative estimate of drug-likeness (QED) is 0.917. The van der Waals surface area contributed by atoms with E-state index in [2.05, 4.69) is 22.3 Å². The molecule has 2 aliphatic rings. The second-order valence-electron chi connectivity index (χ2n) is 6.04. The summed E-state index contributed by atoms with van der Waals surface area (Å²) in [5.74, 6) is 2.05. The van der Waals surface area contributed by atoms with Crippen LogP contribution in [0.3, 0.4) is 0 Å². The van der Waals surface area contributed by atoms with Crippen LogP contribution in [0.4, 0.5) is 5.95 Å². The molecule has 1 aromatic rings. The summed E-state index contributed by atoms with van der Waals surface area (Å²) in [6, 6.07) is 0.503. The summed E-state index contributed by atoms with van der Waals surface area (Å²) in [4.78, 5) is 6.96. The first-order valence-electron chi connectivity index (χ1n) is 8.20. The largest absolute Gasteiger partial charge is 0.338 e. The summed E-state index contributed by atoms with van der Waals surface area (Å²) in [5.41, 5.74) is 0. The highest BCUT2D eigenvalue weighted by Gasteiger charge is 2.31. The monoisotopic (exact) mass is 278 g/mol. The van der Waals surface area contributed by atoms with E-state index < -0.39 is 0 Å². The van der Waals surface area contributed by atoms with Crippen molar-refractivity contribution >= 4 is 5.95 Å². The molecule has 0 spiro atoms. The Bertz CT molecular complexity index is 412. The summed E-state index contributed by atoms with van der Waals surface area (Å²) >= 11 is 0. The number of anilines is 1. The molecule has 2 unspecified atom stereocenters. The molecule has 2 heterocycles. The van der Waals surface area contributed by atoms with Gasteiger partial charge in [0.1, 0.15) is 0 Å². The van der Waals surface area contributed by atoms with Crippen molar-refractivity contribution in [2.24, 2.45) is 0 Å². The Balaban J connectivity index is 1.70. The SMILES string of the molecule is CCNC1CCCCC1c1nc(N2CCCCC2)no1. The molecule has 2 fully saturated rings. The first-order chi connectivity index (χ1) is 9.88. The molecule has 112 valence electrons. The third-order valence-electron chi connectivity index (χ3n) is 4.62. The number of hydrogen-bond acceptors (Lipinski definition) is 5. The molecule has 0 aromatic carbocycles. The van der Waals surface area contributed by atoms with Crippen LogP contribution in [-0.2, 0) is 0 Å². The summed E-state index contributed by atoms with van der Waals surface area (Å²) in [6.07, 6.45) is 8.78. The zero-order chi connectivity index (χ0) is 13.8. The van der Waals surface area contributed by atoms with Gasteiger partial charge in [-0.2, -0.15) is 4.98 Å². The minimum absolute atomic E-state index is 0.398. The smallest absolute Gasteiger partial charge is 0.266 e. The van der Waals surface area contributed by atoms with E-state index in [4.69, 9.17) is 9.51 Å². The molecule has 5 heteroatoms. The molecule has 20 heavy (non-hydrogen) atoms. The van der Waals surface area contributed by atoms with Crippen LogP contribution in [0, 0.1) is 0 Å². The molecule has 0 amide bonds. The average molecular weight is 278 g/mol. The number of piperidine rings is 1. The third kappa shape index (κ3) is 2.97. The van der Waals surface area contributed by atoms with E-state index >= 15 is 0 Å². The zero-order valence-electron chi connectivity index (χ0n) is 12.5. The van der Waals surface area contributed by atoms with Crippen LogP contribution in [0.5, 0.6) is 0 Å². The average Bonchev–Trinajstić information content (AvgIpc) is 2.99. The summed E-state index contributed by atoms with van der Waals surface area (Å²) < 4.78 is 5.59. The lowest BCUT2D eigenvalue weighted by Gasteiger charge is -2.29. The molecule has 1 N–H and O–H groups in total. The van der Waals surface area contributed by atoms with Crippen molar-refractivity contribution in [1.29, 1.82) is 0 Å². The lowest BCUT2D eigenvalue weighted by atomic mass is 9.84. The molecule has 1 aromatic heterocycles. The third-order valence-corrected chi connectivity index (χ3v) is 4.62. The molecule has 0 radical (unpaired) electrons. The van der Waals surface area contributed by atoms with Gasteiger partial charge in [-0.15, -0.1) is 0 Å². The van der Waals surface area contributed by atoms with E-state index in [9.17, 15) is 0 Å². The van der Waals surface area contributed by atoms with Crippen LogP contribution in [0.1, 0.15) is 63.7 Å². The highest BCUT2D eigenvalue weighted by atomic mass is 16.5. The molecule has 2 atom stereocenters. The topological polar surface area (TPSA) is 54.2 Å². The summed E-state index contributed by atoms with van der Waals surface area (Å²) in [7, 11) is 0. The van der Waals surface area contributed by atoms with Crippen LogP contribution >= 0.6 is 0 Å². The van der Waals surface area contributed by atoms with Crippen LogP contribution in [0.15, 0.2) is 4.52 Å². The maximum atomic E-state index is 5.59. The number of likely N-dealkylation sites (N-methyl/N-ethyl adjacent to an activating group) is 1. The highest BCUT2D eigenvalue weighted by molar-refractivity contribution is 5.28. The van der Waals surface area contributed by atoms with Crippen molar-refractivity contribution in [3.63, 3.8) is 0 Å². The van der Waals surface area contributed by atoms with Gasteiger partial charge in [0.15, 0.2) is 0 Å². The van der Waals surface area contributed by atoms with Gasteiger partial charge in [0, 0.05) is 19.1 Å². The maximum absolute atomic E-state index is 5.59. The van der Waals surface area contributed by atoms with Crippen molar-refractivity contribution in [2.45, 2.75) is 63.8 Å². The van der Waals surface area contributed by atoms with Crippen molar-refractivity contribution in [3.8, 4) is 0 Å². The van der Waals surface area contributed by atoms with Crippen molar-refractivity contribution in [2.75, 3.05) is 24.5 Å². The van der Waals surface area contributed by atoms with Gasteiger partial charge in [-0.25, -0.2) is 0 Å². The zero-order valence-corrected chi connectivity index (χ0v) is 12.5. The molecule has 0 bridgehead atoms. The van der Waals surface area contributed by atoms with E-state index in [1.165, 1.54) is 44.9 Å². The molecule has 3 rings (SSSR count). The summed E-state index contributed by atoms with van der Waals surface area (Å²) in [6.45, 7) is 5.31. The van der Waals surface area contributed by atoms with Gasteiger partial charge in [0.25, 0.3) is 5.95 Å². The Morgan fingerprint density at radius 2 is 1.95 bits per heavy atom. The Kier molecular flexibility index (Phi) is 4.55. The lowest BCUT2D eigenvalue weighted by Crippen LogP contribution is -2.37. The second-order valence-corrected chi connectivity index (χ2v) is 6.04. The van der Waals surface area contributed by atoms with Crippen molar-refractivity contribution in [1.82, 2.24) is 15.5 Å². The van der Waals surface area contributed by atoms with Gasteiger partial charge >= 0.3 is 0 Å². The fraction of sp³-hybridized carbons (Fsp3) is 0.867. The van der Waals surface area contributed by atoms with Crippen LogP contribution < -0.4 is 10.2 Å². The molecule has 1 saturated carbocycles. The Labute approximate surface area is 121 Å². The first-order valence-corrected chi connectivity index (χ1v) is 8.20. The standard InChI is InChI=1S/C15H26N4O/c1-2-16-13-9-5-4-8-12(13)14-17-15(18-20-14)19-10-6-3-7-11-19/h12-13,16H,2-11H2,1H3. The van der Waals surface area contributed by atoms with Crippen LogP contribution in [-0.4, -0.2) is 35.8 Å². The van der Waals surface area contributed by atoms with Gasteiger partial charge in [0.2, 0.25) is 5.89 Å². The van der Waals surface area contributed by atoms with Crippen molar-refractivity contribution in [3.05, 3.63) is 5.89 Å². The van der Waals surface area contributed by atoms with E-state index in [-0.39, 0.29) is 0 Å². The van der Waals surface area contributed by atoms with Crippen LogP contribution in [0.25, 0.3) is 0 Å². The molecule has 1 aliphatic carbocycles. The molecule has 1 aliphatic heterocycles. The Hall–Kier alpha value is -1.10. The molecule has 1 saturated heterocycles. The minimum atomic E-state index is 0.398. The normalized spacial score (nSPS) is 27.8.